The van der Waals surface area contributed by atoms with E-state index in [1.54, 1.807) is 4.90 Å². The molecule has 49 heavy (non-hydrogen) atoms. The predicted molar refractivity (Wildman–Crippen MR) is 183 cm³/mol. The van der Waals surface area contributed by atoms with Crippen LogP contribution in [-0.2, 0) is 4.79 Å². The summed E-state index contributed by atoms with van der Waals surface area (Å²) in [5.74, 6) is -1.47. The Hall–Kier alpha value is -4.16. The van der Waals surface area contributed by atoms with Gasteiger partial charge in [0.05, 0.1) is 27.4 Å². The number of carbonyl (C=O) groups excluding carboxylic acids is 1. The average Bonchev–Trinajstić information content (AvgIpc) is 3.73. The SMILES string of the molecule is C=C(CO)C(=O)N1CCN(c2nc(OC[C@@]34CCCN3C[C@H](F)C4)nc3c(F)c(-c4ccc(F)c5sc(N)c(C#N)c45)c(Cl)cc23)[C@@H](C)C1. The summed E-state index contributed by atoms with van der Waals surface area (Å²) in [6, 6.07) is 5.65. The molecule has 0 unspecified atom stereocenters. The minimum absolute atomic E-state index is 0.0192. The Morgan fingerprint density at radius 3 is 2.82 bits per heavy atom. The van der Waals surface area contributed by atoms with Gasteiger partial charge >= 0.3 is 6.01 Å². The number of benzene rings is 2. The highest BCUT2D eigenvalue weighted by Crippen LogP contribution is 2.46. The van der Waals surface area contributed by atoms with Crippen LogP contribution in [0.5, 0.6) is 6.01 Å². The third kappa shape index (κ3) is 5.53. The lowest BCUT2D eigenvalue weighted by atomic mass is 9.95. The number of aliphatic hydroxyl groups excluding tert-OH is 1. The number of ether oxygens (including phenoxy) is 1. The van der Waals surface area contributed by atoms with Crippen molar-refractivity contribution in [3.63, 3.8) is 0 Å². The largest absolute Gasteiger partial charge is 0.461 e. The number of thiophene rings is 1. The number of aliphatic hydroxyl groups is 1. The molecule has 0 saturated carbocycles. The van der Waals surface area contributed by atoms with Gasteiger partial charge in [0, 0.05) is 60.6 Å². The van der Waals surface area contributed by atoms with Gasteiger partial charge in [-0.15, -0.1) is 11.3 Å². The fourth-order valence-corrected chi connectivity index (χ4v) is 8.84. The van der Waals surface area contributed by atoms with Gasteiger partial charge in [-0.25, -0.2) is 13.2 Å². The smallest absolute Gasteiger partial charge is 0.319 e. The number of hydrogen-bond donors (Lipinski definition) is 2. The van der Waals surface area contributed by atoms with Crippen LogP contribution in [-0.4, -0.2) is 94.5 Å². The summed E-state index contributed by atoms with van der Waals surface area (Å²) in [4.78, 5) is 27.7. The number of nitriles is 1. The molecule has 0 spiro atoms. The number of nitrogen functional groups attached to an aromatic ring is 1. The number of anilines is 2. The van der Waals surface area contributed by atoms with Crippen LogP contribution in [0.15, 0.2) is 30.4 Å². The number of rotatable bonds is 7. The highest BCUT2D eigenvalue weighted by atomic mass is 35.5. The van der Waals surface area contributed by atoms with Crippen molar-refractivity contribution in [2.75, 3.05) is 56.6 Å². The van der Waals surface area contributed by atoms with Gasteiger partial charge in [0.1, 0.15) is 41.0 Å². The highest BCUT2D eigenvalue weighted by Gasteiger charge is 2.49. The molecule has 0 bridgehead atoms. The Kier molecular flexibility index (Phi) is 8.59. The van der Waals surface area contributed by atoms with Gasteiger partial charge in [-0.2, -0.15) is 15.2 Å². The van der Waals surface area contributed by atoms with Crippen LogP contribution in [0.1, 0.15) is 31.7 Å². The van der Waals surface area contributed by atoms with Crippen LogP contribution < -0.4 is 15.4 Å². The van der Waals surface area contributed by atoms with Gasteiger partial charge in [-0.05, 0) is 44.0 Å². The van der Waals surface area contributed by atoms with Gasteiger partial charge in [0.25, 0.3) is 5.91 Å². The first-order chi connectivity index (χ1) is 23.5. The Labute approximate surface area is 289 Å². The molecule has 0 aliphatic carbocycles. The number of alkyl halides is 1. The van der Waals surface area contributed by atoms with Gasteiger partial charge in [-0.3, -0.25) is 9.69 Å². The molecule has 5 heterocycles. The minimum Gasteiger partial charge on any atom is -0.461 e. The monoisotopic (exact) mass is 711 g/mol. The number of nitrogens with two attached hydrogens (primary N) is 1. The summed E-state index contributed by atoms with van der Waals surface area (Å²) in [7, 11) is 0. The molecule has 2 aromatic heterocycles. The van der Waals surface area contributed by atoms with Crippen molar-refractivity contribution in [3.8, 4) is 23.2 Å². The average molecular weight is 712 g/mol. The number of carbonyl (C=O) groups is 1. The number of fused-ring (bicyclic) bond motifs is 3. The van der Waals surface area contributed by atoms with E-state index in [4.69, 9.17) is 27.1 Å². The second-order valence-corrected chi connectivity index (χ2v) is 14.4. The molecule has 10 nitrogen and oxygen atoms in total. The van der Waals surface area contributed by atoms with E-state index in [1.165, 1.54) is 18.2 Å². The lowest BCUT2D eigenvalue weighted by molar-refractivity contribution is -0.128. The normalized spacial score (nSPS) is 22.6. The van der Waals surface area contributed by atoms with Gasteiger partial charge in [-0.1, -0.05) is 24.2 Å². The molecule has 3 N–H and O–H groups in total. The molecule has 3 aliphatic rings. The number of amides is 1. The molecule has 15 heteroatoms. The standard InChI is InChI=1S/C34H33ClF3N7O3S/c1-17(15-46)32(47)43-8-9-45(18(2)13-43)31-21-10-23(35)26(20-4-5-24(37)29-25(20)22(12-39)30(40)49-29)27(38)28(21)41-33(42-31)48-16-34-6-3-7-44(34)14-19(36)11-34/h4-5,10,18-19,46H,1,3,6-9,11,13-16,40H2,2H3/t18-,19+,34-/m0/s1. The van der Waals surface area contributed by atoms with Crippen LogP contribution in [0.4, 0.5) is 24.0 Å². The van der Waals surface area contributed by atoms with E-state index in [9.17, 15) is 23.9 Å². The Morgan fingerprint density at radius 1 is 1.29 bits per heavy atom. The number of hydrogen-bond acceptors (Lipinski definition) is 10. The van der Waals surface area contributed by atoms with E-state index in [0.29, 0.717) is 25.3 Å². The topological polar surface area (TPSA) is 132 Å². The predicted octanol–water partition coefficient (Wildman–Crippen LogP) is 5.44. The fraction of sp³-hybridized carbons (Fsp3) is 0.412. The van der Waals surface area contributed by atoms with E-state index in [1.807, 2.05) is 17.9 Å². The number of halogens is 4. The Balaban J connectivity index is 1.36. The third-order valence-corrected chi connectivity index (χ3v) is 11.3. The number of piperazine rings is 1. The van der Waals surface area contributed by atoms with E-state index >= 15 is 4.39 Å². The maximum atomic E-state index is 17.0. The van der Waals surface area contributed by atoms with Gasteiger partial charge in [0.2, 0.25) is 0 Å². The summed E-state index contributed by atoms with van der Waals surface area (Å²) < 4.78 is 52.7. The Morgan fingerprint density at radius 2 is 2.08 bits per heavy atom. The molecular formula is C34H33ClF3N7O3S. The summed E-state index contributed by atoms with van der Waals surface area (Å²) in [5, 5.41) is 19.8. The lowest BCUT2D eigenvalue weighted by Crippen LogP contribution is -2.54. The minimum atomic E-state index is -0.974. The van der Waals surface area contributed by atoms with Crippen LogP contribution in [0, 0.1) is 23.0 Å². The fourth-order valence-electron chi connectivity index (χ4n) is 7.59. The molecule has 4 aromatic rings. The van der Waals surface area contributed by atoms with E-state index < -0.39 is 30.0 Å². The van der Waals surface area contributed by atoms with E-state index in [2.05, 4.69) is 16.5 Å². The molecule has 3 atom stereocenters. The first-order valence-corrected chi connectivity index (χ1v) is 17.1. The quantitative estimate of drug-likeness (QED) is 0.241. The van der Waals surface area contributed by atoms with Crippen molar-refractivity contribution in [1.29, 1.82) is 5.26 Å². The highest BCUT2D eigenvalue weighted by molar-refractivity contribution is 7.23. The van der Waals surface area contributed by atoms with Crippen LogP contribution in [0.2, 0.25) is 5.02 Å². The molecule has 2 aromatic carbocycles. The maximum absolute atomic E-state index is 17.0. The molecular weight excluding hydrogens is 679 g/mol. The maximum Gasteiger partial charge on any atom is 0.319 e. The number of aromatic nitrogens is 2. The summed E-state index contributed by atoms with van der Waals surface area (Å²) >= 11 is 7.73. The van der Waals surface area contributed by atoms with Crippen LogP contribution >= 0.6 is 22.9 Å². The summed E-state index contributed by atoms with van der Waals surface area (Å²) in [6.07, 6.45) is 1.00. The van der Waals surface area contributed by atoms with Crippen molar-refractivity contribution < 1.29 is 27.8 Å². The summed E-state index contributed by atoms with van der Waals surface area (Å²) in [6.45, 7) is 7.13. The van der Waals surface area contributed by atoms with Crippen molar-refractivity contribution >= 4 is 60.7 Å². The first-order valence-electron chi connectivity index (χ1n) is 15.9. The number of nitrogens with zero attached hydrogens (tertiary/aromatic N) is 6. The van der Waals surface area contributed by atoms with Crippen LogP contribution in [0.3, 0.4) is 0 Å². The molecule has 3 fully saturated rings. The summed E-state index contributed by atoms with van der Waals surface area (Å²) in [5.41, 5.74) is 5.61. The second kappa shape index (κ2) is 12.6. The van der Waals surface area contributed by atoms with Gasteiger partial charge < -0.3 is 25.4 Å². The van der Waals surface area contributed by atoms with Crippen molar-refractivity contribution in [1.82, 2.24) is 19.8 Å². The van der Waals surface area contributed by atoms with E-state index in [0.717, 1.165) is 30.7 Å². The molecule has 3 saturated heterocycles. The van der Waals surface area contributed by atoms with Crippen molar-refractivity contribution in [2.45, 2.75) is 43.9 Å². The van der Waals surface area contributed by atoms with Crippen molar-refractivity contribution in [3.05, 3.63) is 52.6 Å². The zero-order valence-electron chi connectivity index (χ0n) is 26.6. The molecule has 0 radical (unpaired) electrons. The van der Waals surface area contributed by atoms with Crippen molar-refractivity contribution in [2.24, 2.45) is 0 Å². The Bertz CT molecular complexity index is 2070. The molecule has 256 valence electrons. The van der Waals surface area contributed by atoms with Gasteiger partial charge in [0.15, 0.2) is 5.82 Å². The molecule has 1 amide bonds. The first kappa shape index (κ1) is 33.3. The lowest BCUT2D eigenvalue weighted by Gasteiger charge is -2.41. The third-order valence-electron chi connectivity index (χ3n) is 9.95. The zero-order chi connectivity index (χ0) is 34.8. The molecule has 3 aliphatic heterocycles. The second-order valence-electron chi connectivity index (χ2n) is 12.9. The zero-order valence-corrected chi connectivity index (χ0v) is 28.2. The molecule has 7 rings (SSSR count). The van der Waals surface area contributed by atoms with E-state index in [-0.39, 0.29) is 90.9 Å². The van der Waals surface area contributed by atoms with Crippen LogP contribution in [0.25, 0.3) is 32.1 Å².